The maximum atomic E-state index is 13.0. The number of amides is 1. The summed E-state index contributed by atoms with van der Waals surface area (Å²) < 4.78 is 13.1. The lowest BCUT2D eigenvalue weighted by Crippen LogP contribution is -2.27. The molecule has 0 aliphatic heterocycles. The fourth-order valence-electron chi connectivity index (χ4n) is 3.34. The fourth-order valence-corrected chi connectivity index (χ4v) is 4.38. The van der Waals surface area contributed by atoms with Gasteiger partial charge >= 0.3 is 0 Å². The second kappa shape index (κ2) is 8.69. The number of ether oxygens (including phenoxy) is 2. The number of thiophene rings is 1. The van der Waals surface area contributed by atoms with Gasteiger partial charge in [-0.1, -0.05) is 19.9 Å². The number of rotatable bonds is 7. The van der Waals surface area contributed by atoms with E-state index in [2.05, 4.69) is 19.2 Å². The van der Waals surface area contributed by atoms with Crippen molar-refractivity contribution in [1.82, 2.24) is 9.88 Å². The molecular weight excluding hydrogens is 388 g/mol. The van der Waals surface area contributed by atoms with Crippen LogP contribution in [-0.2, 0) is 13.1 Å². The van der Waals surface area contributed by atoms with Crippen LogP contribution in [0.2, 0.25) is 0 Å². The maximum absolute atomic E-state index is 13.0. The van der Waals surface area contributed by atoms with Gasteiger partial charge < -0.3 is 19.4 Å². The highest BCUT2D eigenvalue weighted by Crippen LogP contribution is 2.29. The van der Waals surface area contributed by atoms with E-state index in [1.165, 1.54) is 11.3 Å². The van der Waals surface area contributed by atoms with Gasteiger partial charge in [-0.2, -0.15) is 0 Å². The minimum Gasteiger partial charge on any atom is -0.493 e. The summed E-state index contributed by atoms with van der Waals surface area (Å²) >= 11 is 1.47. The summed E-state index contributed by atoms with van der Waals surface area (Å²) in [5.74, 6) is 1.33. The molecule has 0 atom stereocenters. The lowest BCUT2D eigenvalue weighted by molar-refractivity contribution is 0.0952. The topological polar surface area (TPSA) is 69.6 Å². The van der Waals surface area contributed by atoms with E-state index in [0.29, 0.717) is 41.5 Å². The van der Waals surface area contributed by atoms with Crippen molar-refractivity contribution >= 4 is 27.3 Å². The van der Waals surface area contributed by atoms with E-state index in [1.807, 2.05) is 31.3 Å². The van der Waals surface area contributed by atoms with E-state index in [1.54, 1.807) is 24.9 Å². The molecule has 0 unspecified atom stereocenters. The molecule has 0 aliphatic rings. The highest BCUT2D eigenvalue weighted by atomic mass is 32.1. The fraction of sp³-hybridized carbons (Fsp3) is 0.364. The molecule has 1 amide bonds. The Hall–Kier alpha value is -2.80. The number of methoxy groups -OCH3 is 2. The molecule has 2 heterocycles. The molecule has 0 fully saturated rings. The van der Waals surface area contributed by atoms with Crippen molar-refractivity contribution in [2.45, 2.75) is 33.9 Å². The molecule has 7 heteroatoms. The SMILES string of the molecule is COc1ccc(CNC(=O)c2c(C)sc3ccn(CC(C)C)c(=O)c23)cc1OC. The lowest BCUT2D eigenvalue weighted by Gasteiger charge is -2.11. The minimum absolute atomic E-state index is 0.114. The van der Waals surface area contributed by atoms with E-state index in [9.17, 15) is 9.59 Å². The second-order valence-corrected chi connectivity index (χ2v) is 8.57. The number of nitrogens with zero attached hydrogens (tertiary/aromatic N) is 1. The lowest BCUT2D eigenvalue weighted by atomic mass is 10.1. The van der Waals surface area contributed by atoms with Crippen LogP contribution in [0.3, 0.4) is 0 Å². The predicted molar refractivity (Wildman–Crippen MR) is 116 cm³/mol. The third kappa shape index (κ3) is 4.29. The molecule has 0 saturated carbocycles. The van der Waals surface area contributed by atoms with Crippen molar-refractivity contribution in [3.63, 3.8) is 0 Å². The van der Waals surface area contributed by atoms with Gasteiger partial charge in [-0.25, -0.2) is 0 Å². The van der Waals surface area contributed by atoms with Crippen molar-refractivity contribution < 1.29 is 14.3 Å². The summed E-state index contributed by atoms with van der Waals surface area (Å²) in [7, 11) is 3.15. The number of nitrogens with one attached hydrogen (secondary N) is 1. The first-order valence-corrected chi connectivity index (χ1v) is 10.3. The minimum atomic E-state index is -0.247. The molecule has 0 aliphatic carbocycles. The molecule has 2 aromatic heterocycles. The van der Waals surface area contributed by atoms with Gasteiger partial charge in [0.2, 0.25) is 0 Å². The number of aryl methyl sites for hydroxylation is 1. The number of carbonyl (C=O) groups excluding carboxylic acids is 1. The average Bonchev–Trinajstić information content (AvgIpc) is 3.04. The third-order valence-electron chi connectivity index (χ3n) is 4.68. The molecule has 0 bridgehead atoms. The number of carbonyl (C=O) groups is 1. The number of hydrogen-bond donors (Lipinski definition) is 1. The normalized spacial score (nSPS) is 11.1. The van der Waals surface area contributed by atoms with E-state index >= 15 is 0 Å². The monoisotopic (exact) mass is 414 g/mol. The summed E-state index contributed by atoms with van der Waals surface area (Å²) in [4.78, 5) is 26.8. The molecule has 3 rings (SSSR count). The molecule has 0 spiro atoms. The van der Waals surface area contributed by atoms with Gasteiger partial charge in [0.25, 0.3) is 11.5 Å². The van der Waals surface area contributed by atoms with E-state index < -0.39 is 0 Å². The molecule has 154 valence electrons. The Morgan fingerprint density at radius 1 is 1.17 bits per heavy atom. The van der Waals surface area contributed by atoms with Crippen LogP contribution in [0, 0.1) is 12.8 Å². The molecule has 1 N–H and O–H groups in total. The summed E-state index contributed by atoms with van der Waals surface area (Å²) in [5.41, 5.74) is 1.23. The van der Waals surface area contributed by atoms with Crippen LogP contribution in [0.25, 0.3) is 10.1 Å². The van der Waals surface area contributed by atoms with Gasteiger partial charge in [-0.05, 0) is 36.6 Å². The number of benzene rings is 1. The Balaban J connectivity index is 1.89. The zero-order valence-electron chi connectivity index (χ0n) is 17.4. The molecular formula is C22H26N2O4S. The van der Waals surface area contributed by atoms with E-state index in [4.69, 9.17) is 9.47 Å². The van der Waals surface area contributed by atoms with Crippen molar-refractivity contribution in [3.8, 4) is 11.5 Å². The summed E-state index contributed by atoms with van der Waals surface area (Å²) in [5, 5.41) is 3.43. The first-order chi connectivity index (χ1) is 13.8. The van der Waals surface area contributed by atoms with Crippen LogP contribution in [-0.4, -0.2) is 24.7 Å². The highest BCUT2D eigenvalue weighted by molar-refractivity contribution is 7.19. The zero-order valence-corrected chi connectivity index (χ0v) is 18.2. The van der Waals surface area contributed by atoms with Gasteiger partial charge in [0.05, 0.1) is 25.2 Å². The van der Waals surface area contributed by atoms with Gasteiger partial charge in [-0.15, -0.1) is 11.3 Å². The Morgan fingerprint density at radius 3 is 2.55 bits per heavy atom. The number of aromatic nitrogens is 1. The standard InChI is InChI=1S/C22H26N2O4S/c1-13(2)12-24-9-8-18-20(22(24)26)19(14(3)29-18)21(25)23-11-15-6-7-16(27-4)17(10-15)28-5/h6-10,13H,11-12H2,1-5H3,(H,23,25). The Kier molecular flexibility index (Phi) is 6.27. The first-order valence-electron chi connectivity index (χ1n) is 9.47. The van der Waals surface area contributed by atoms with E-state index in [-0.39, 0.29) is 11.5 Å². The summed E-state index contributed by atoms with van der Waals surface area (Å²) in [6, 6.07) is 7.42. The smallest absolute Gasteiger partial charge is 0.260 e. The van der Waals surface area contributed by atoms with Crippen LogP contribution >= 0.6 is 11.3 Å². The van der Waals surface area contributed by atoms with Crippen molar-refractivity contribution in [3.05, 3.63) is 56.8 Å². The van der Waals surface area contributed by atoms with E-state index in [0.717, 1.165) is 15.1 Å². The molecule has 3 aromatic rings. The first kappa shape index (κ1) is 20.9. The zero-order chi connectivity index (χ0) is 21.1. The summed E-state index contributed by atoms with van der Waals surface area (Å²) in [6.07, 6.45) is 1.81. The summed E-state index contributed by atoms with van der Waals surface area (Å²) in [6.45, 7) is 6.94. The molecule has 0 radical (unpaired) electrons. The van der Waals surface area contributed by atoms with Crippen LogP contribution in [0.1, 0.15) is 34.6 Å². The van der Waals surface area contributed by atoms with Gasteiger partial charge in [0.15, 0.2) is 11.5 Å². The molecule has 0 saturated heterocycles. The number of fused-ring (bicyclic) bond motifs is 1. The second-order valence-electron chi connectivity index (χ2n) is 7.31. The predicted octanol–water partition coefficient (Wildman–Crippen LogP) is 3.97. The largest absolute Gasteiger partial charge is 0.493 e. The van der Waals surface area contributed by atoms with Gasteiger partial charge in [0, 0.05) is 28.9 Å². The van der Waals surface area contributed by atoms with Crippen molar-refractivity contribution in [1.29, 1.82) is 0 Å². The highest BCUT2D eigenvalue weighted by Gasteiger charge is 2.20. The molecule has 1 aromatic carbocycles. The number of hydrogen-bond acceptors (Lipinski definition) is 5. The maximum Gasteiger partial charge on any atom is 0.260 e. The van der Waals surface area contributed by atoms with Crippen LogP contribution < -0.4 is 20.3 Å². The Bertz CT molecular complexity index is 1100. The van der Waals surface area contributed by atoms with Gasteiger partial charge in [0.1, 0.15) is 0 Å². The number of pyridine rings is 1. The molecule has 6 nitrogen and oxygen atoms in total. The van der Waals surface area contributed by atoms with Crippen molar-refractivity contribution in [2.24, 2.45) is 5.92 Å². The Labute approximate surface area is 174 Å². The van der Waals surface area contributed by atoms with Crippen molar-refractivity contribution in [2.75, 3.05) is 14.2 Å². The van der Waals surface area contributed by atoms with Crippen LogP contribution in [0.4, 0.5) is 0 Å². The Morgan fingerprint density at radius 2 is 1.90 bits per heavy atom. The average molecular weight is 415 g/mol. The molecule has 29 heavy (non-hydrogen) atoms. The third-order valence-corrected chi connectivity index (χ3v) is 5.75. The quantitative estimate of drug-likeness (QED) is 0.635. The van der Waals surface area contributed by atoms with Gasteiger partial charge in [-0.3, -0.25) is 9.59 Å². The van der Waals surface area contributed by atoms with Crippen LogP contribution in [0.15, 0.2) is 35.3 Å². The van der Waals surface area contributed by atoms with Crippen LogP contribution in [0.5, 0.6) is 11.5 Å².